The zero-order valence-electron chi connectivity index (χ0n) is 29.3. The van der Waals surface area contributed by atoms with E-state index in [0.29, 0.717) is 47.8 Å². The number of aromatic amines is 1. The number of benzene rings is 1. The van der Waals surface area contributed by atoms with Gasteiger partial charge in [0.25, 0.3) is 16.0 Å². The van der Waals surface area contributed by atoms with Crippen molar-refractivity contribution in [3.05, 3.63) is 35.7 Å². The molecule has 46 heavy (non-hydrogen) atoms. The lowest BCUT2D eigenvalue weighted by molar-refractivity contribution is -0.100. The summed E-state index contributed by atoms with van der Waals surface area (Å²) in [6, 6.07) is 6.98. The molecule has 0 bridgehead atoms. The van der Waals surface area contributed by atoms with Gasteiger partial charge in [0.1, 0.15) is 5.82 Å². The van der Waals surface area contributed by atoms with E-state index in [1.807, 2.05) is 12.1 Å². The maximum atomic E-state index is 13.0. The van der Waals surface area contributed by atoms with E-state index in [-0.39, 0.29) is 39.8 Å². The number of sulfonamides is 1. The Morgan fingerprint density at radius 1 is 1.04 bits per heavy atom. The Balaban J connectivity index is 1.23. The van der Waals surface area contributed by atoms with Crippen molar-refractivity contribution in [2.45, 2.75) is 142 Å². The summed E-state index contributed by atoms with van der Waals surface area (Å²) in [6.07, 6.45) is 10.5. The second-order valence-electron chi connectivity index (χ2n) is 16.5. The van der Waals surface area contributed by atoms with Gasteiger partial charge in [0.05, 0.1) is 17.1 Å². The predicted molar refractivity (Wildman–Crippen MR) is 184 cm³/mol. The standard InChI is InChI=1S/C37H60N4O4S/c1-8-25-11-15-27(42)14-9-23(2)29-21-22-37(7)30(18-19-31(37)33(29)34(25)43)24(3)10-20-32-38-35(40-39-32)41-46(44,45)28-16-12-26(13-17-28)36(4,5)6/h12-13,16-17,23-25,27,29-31,33-34,42-43H,8-11,14-15,18-22H2,1-7H3,(H2,38,39,40,41)/t23?,24-,25-,27-,29-,30?,31+,33-,34-,37?/m1/s1. The highest BCUT2D eigenvalue weighted by Crippen LogP contribution is 2.63. The van der Waals surface area contributed by atoms with Crippen LogP contribution in [0.2, 0.25) is 0 Å². The highest BCUT2D eigenvalue weighted by molar-refractivity contribution is 7.92. The number of fused-ring (bicyclic) bond motifs is 3. The van der Waals surface area contributed by atoms with Crippen molar-refractivity contribution in [1.82, 2.24) is 15.2 Å². The lowest BCUT2D eigenvalue weighted by Crippen LogP contribution is -2.50. The molecule has 10 atom stereocenters. The third-order valence-corrected chi connectivity index (χ3v) is 14.1. The first-order chi connectivity index (χ1) is 21.6. The molecule has 3 aliphatic rings. The first kappa shape index (κ1) is 35.3. The van der Waals surface area contributed by atoms with E-state index in [4.69, 9.17) is 0 Å². The fourth-order valence-electron chi connectivity index (χ4n) is 9.84. The summed E-state index contributed by atoms with van der Waals surface area (Å²) in [5, 5.41) is 29.7. The summed E-state index contributed by atoms with van der Waals surface area (Å²) >= 11 is 0. The van der Waals surface area contributed by atoms with Crippen LogP contribution in [0.5, 0.6) is 0 Å². The number of rotatable bonds is 8. The summed E-state index contributed by atoms with van der Waals surface area (Å²) < 4.78 is 28.6. The van der Waals surface area contributed by atoms with E-state index >= 15 is 0 Å². The first-order valence-corrected chi connectivity index (χ1v) is 19.5. The third-order valence-electron chi connectivity index (χ3n) is 12.7. The molecule has 0 radical (unpaired) electrons. The van der Waals surface area contributed by atoms with Crippen LogP contribution in [0, 0.1) is 46.8 Å². The van der Waals surface area contributed by atoms with Crippen LogP contribution in [0.3, 0.4) is 0 Å². The fraction of sp³-hybridized carbons (Fsp3) is 0.784. The van der Waals surface area contributed by atoms with Crippen LogP contribution >= 0.6 is 0 Å². The molecule has 0 amide bonds. The Hall–Kier alpha value is -1.97. The maximum absolute atomic E-state index is 13.0. The Labute approximate surface area is 278 Å². The number of anilines is 1. The minimum atomic E-state index is -3.79. The van der Waals surface area contributed by atoms with Gasteiger partial charge in [0.15, 0.2) is 0 Å². The number of H-pyrrole nitrogens is 1. The highest BCUT2D eigenvalue weighted by atomic mass is 32.2. The summed E-state index contributed by atoms with van der Waals surface area (Å²) in [4.78, 5) is 4.69. The number of aliphatic hydroxyl groups excluding tert-OH is 2. The lowest BCUT2D eigenvalue weighted by atomic mass is 9.52. The number of aromatic nitrogens is 3. The molecule has 3 aliphatic carbocycles. The number of hydrogen-bond donors (Lipinski definition) is 4. The maximum Gasteiger partial charge on any atom is 0.264 e. The Kier molecular flexibility index (Phi) is 10.7. The average Bonchev–Trinajstić information content (AvgIpc) is 3.60. The first-order valence-electron chi connectivity index (χ1n) is 18.0. The van der Waals surface area contributed by atoms with Crippen LogP contribution < -0.4 is 4.72 Å². The molecule has 1 aromatic heterocycles. The van der Waals surface area contributed by atoms with Crippen molar-refractivity contribution >= 4 is 16.0 Å². The highest BCUT2D eigenvalue weighted by Gasteiger charge is 2.57. The minimum absolute atomic E-state index is 0.0570. The number of aryl methyl sites for hydroxylation is 1. The summed E-state index contributed by atoms with van der Waals surface area (Å²) in [6.45, 7) is 15.7. The normalized spacial score (nSPS) is 34.8. The van der Waals surface area contributed by atoms with Gasteiger partial charge >= 0.3 is 0 Å². The molecule has 0 aliphatic heterocycles. The van der Waals surface area contributed by atoms with Crippen molar-refractivity contribution in [3.8, 4) is 0 Å². The molecule has 2 aromatic rings. The van der Waals surface area contributed by atoms with Gasteiger partial charge in [-0.3, -0.25) is 5.10 Å². The van der Waals surface area contributed by atoms with Gasteiger partial charge in [-0.05, 0) is 128 Å². The SMILES string of the molecule is CC[C@@H]1CC[C@H](O)CCC(C)[C@H]2CCC3(C)C([C@H](C)CCc4nc(NS(=O)(=O)c5ccc(C(C)(C)C)cc5)n[nH]4)CC[C@H]3[C@@H]2[C@@H]1O. The molecule has 258 valence electrons. The lowest BCUT2D eigenvalue weighted by Gasteiger charge is -2.54. The smallest absolute Gasteiger partial charge is 0.264 e. The minimum Gasteiger partial charge on any atom is -0.393 e. The molecular formula is C37H60N4O4S. The van der Waals surface area contributed by atoms with E-state index in [9.17, 15) is 18.6 Å². The van der Waals surface area contributed by atoms with Crippen LogP contribution in [0.1, 0.15) is 124 Å². The van der Waals surface area contributed by atoms with Crippen LogP contribution in [-0.2, 0) is 21.9 Å². The van der Waals surface area contributed by atoms with E-state index < -0.39 is 10.0 Å². The fourth-order valence-corrected chi connectivity index (χ4v) is 10.8. The Bertz CT molecular complexity index is 1400. The van der Waals surface area contributed by atoms with E-state index in [2.05, 4.69) is 68.4 Å². The van der Waals surface area contributed by atoms with E-state index in [1.54, 1.807) is 12.1 Å². The molecule has 0 saturated heterocycles. The molecule has 3 unspecified atom stereocenters. The van der Waals surface area contributed by atoms with Crippen molar-refractivity contribution in [2.24, 2.45) is 46.8 Å². The van der Waals surface area contributed by atoms with Gasteiger partial charge in [-0.15, -0.1) is 5.10 Å². The largest absolute Gasteiger partial charge is 0.393 e. The number of nitrogens with one attached hydrogen (secondary N) is 2. The zero-order chi connectivity index (χ0) is 33.4. The molecule has 3 saturated carbocycles. The Morgan fingerprint density at radius 2 is 1.74 bits per heavy atom. The van der Waals surface area contributed by atoms with E-state index in [0.717, 1.165) is 50.5 Å². The summed E-state index contributed by atoms with van der Waals surface area (Å²) in [5.41, 5.74) is 1.22. The van der Waals surface area contributed by atoms with Crippen molar-refractivity contribution in [1.29, 1.82) is 0 Å². The molecule has 4 N–H and O–H groups in total. The summed E-state index contributed by atoms with van der Waals surface area (Å²) in [7, 11) is -3.79. The quantitative estimate of drug-likeness (QED) is 0.233. The zero-order valence-corrected chi connectivity index (χ0v) is 30.1. The summed E-state index contributed by atoms with van der Waals surface area (Å²) in [5.74, 6) is 3.98. The van der Waals surface area contributed by atoms with Gasteiger partial charge < -0.3 is 10.2 Å². The van der Waals surface area contributed by atoms with Gasteiger partial charge in [-0.1, -0.05) is 67.0 Å². The molecule has 8 nitrogen and oxygen atoms in total. The van der Waals surface area contributed by atoms with Crippen LogP contribution in [0.15, 0.2) is 29.2 Å². The molecule has 9 heteroatoms. The van der Waals surface area contributed by atoms with Crippen LogP contribution in [-0.4, -0.2) is 46.0 Å². The van der Waals surface area contributed by atoms with Gasteiger partial charge in [-0.2, -0.15) is 4.98 Å². The number of hydrogen-bond acceptors (Lipinski definition) is 6. The molecule has 1 heterocycles. The molecule has 0 spiro atoms. The third kappa shape index (κ3) is 7.36. The molecule has 1 aromatic carbocycles. The number of aliphatic hydroxyl groups is 2. The van der Waals surface area contributed by atoms with Crippen LogP contribution in [0.4, 0.5) is 5.95 Å². The Morgan fingerprint density at radius 3 is 2.41 bits per heavy atom. The van der Waals surface area contributed by atoms with Crippen molar-refractivity contribution in [2.75, 3.05) is 4.72 Å². The van der Waals surface area contributed by atoms with Gasteiger partial charge in [-0.25, -0.2) is 13.1 Å². The van der Waals surface area contributed by atoms with Crippen molar-refractivity contribution in [3.63, 3.8) is 0 Å². The molecule has 5 rings (SSSR count). The van der Waals surface area contributed by atoms with Gasteiger partial charge in [0.2, 0.25) is 0 Å². The number of nitrogens with zero attached hydrogens (tertiary/aromatic N) is 2. The topological polar surface area (TPSA) is 128 Å². The molecular weight excluding hydrogens is 596 g/mol. The second kappa shape index (κ2) is 13.9. The van der Waals surface area contributed by atoms with Crippen LogP contribution in [0.25, 0.3) is 0 Å². The van der Waals surface area contributed by atoms with E-state index in [1.165, 1.54) is 19.3 Å². The predicted octanol–water partition coefficient (Wildman–Crippen LogP) is 7.49. The monoisotopic (exact) mass is 656 g/mol. The average molecular weight is 657 g/mol. The van der Waals surface area contributed by atoms with Gasteiger partial charge in [0, 0.05) is 6.42 Å². The second-order valence-corrected chi connectivity index (χ2v) is 18.2. The molecule has 3 fully saturated rings. The van der Waals surface area contributed by atoms with Crippen molar-refractivity contribution < 1.29 is 18.6 Å².